The molecule has 3 unspecified atom stereocenters. The number of fused-ring (bicyclic) bond motifs is 1. The van der Waals surface area contributed by atoms with E-state index < -0.39 is 12.0 Å². The smallest absolute Gasteiger partial charge is 0.327 e. The first-order chi connectivity index (χ1) is 8.57. The number of carbonyl (C=O) groups excluding carboxylic acids is 2. The molecule has 1 N–H and O–H groups in total. The molecule has 0 radical (unpaired) electrons. The van der Waals surface area contributed by atoms with Crippen LogP contribution in [0.1, 0.15) is 19.3 Å². The van der Waals surface area contributed by atoms with E-state index in [-0.39, 0.29) is 30.1 Å². The molecule has 2 amide bonds. The van der Waals surface area contributed by atoms with Crippen molar-refractivity contribution < 1.29 is 19.5 Å². The number of hydrogen-bond acceptors (Lipinski definition) is 3. The first kappa shape index (κ1) is 12.5. The van der Waals surface area contributed by atoms with Gasteiger partial charge in [-0.1, -0.05) is 18.2 Å². The Morgan fingerprint density at radius 1 is 1.39 bits per heavy atom. The number of allylic oxidation sites excluding steroid dienone is 2. The van der Waals surface area contributed by atoms with Gasteiger partial charge in [-0.3, -0.25) is 14.5 Å². The third kappa shape index (κ3) is 1.85. The highest BCUT2D eigenvalue weighted by atomic mass is 16.4. The molecule has 1 aliphatic heterocycles. The highest BCUT2D eigenvalue weighted by Gasteiger charge is 2.50. The van der Waals surface area contributed by atoms with E-state index in [0.717, 1.165) is 4.90 Å². The second kappa shape index (κ2) is 4.76. The minimum Gasteiger partial charge on any atom is -0.480 e. The van der Waals surface area contributed by atoms with E-state index in [9.17, 15) is 14.4 Å². The van der Waals surface area contributed by atoms with Gasteiger partial charge in [0.15, 0.2) is 0 Å². The normalized spacial score (nSPS) is 28.1. The summed E-state index contributed by atoms with van der Waals surface area (Å²) in [6.07, 6.45) is 6.29. The van der Waals surface area contributed by atoms with Gasteiger partial charge >= 0.3 is 5.97 Å². The third-order valence-corrected chi connectivity index (χ3v) is 3.53. The van der Waals surface area contributed by atoms with Gasteiger partial charge in [0.1, 0.15) is 6.04 Å². The summed E-state index contributed by atoms with van der Waals surface area (Å²) in [5.41, 5.74) is 0. The Bertz CT molecular complexity index is 414. The fourth-order valence-electron chi connectivity index (χ4n) is 2.61. The lowest BCUT2D eigenvalue weighted by atomic mass is 9.85. The zero-order chi connectivity index (χ0) is 13.3. The molecule has 96 valence electrons. The molecule has 0 aromatic rings. The summed E-state index contributed by atoms with van der Waals surface area (Å²) in [4.78, 5) is 36.4. The summed E-state index contributed by atoms with van der Waals surface area (Å²) in [5, 5.41) is 9.12. The second-order valence-electron chi connectivity index (χ2n) is 4.58. The summed E-state index contributed by atoms with van der Waals surface area (Å²) in [6.45, 7) is 3.47. The topological polar surface area (TPSA) is 74.7 Å². The minimum atomic E-state index is -1.16. The quantitative estimate of drug-likeness (QED) is 0.595. The standard InChI is InChI=1S/C13H15NO4/c1-2-5-10(13(17)18)14-11(15)8-6-3-4-7-9(8)12(14)16/h2-4,8-10H,1,5-7H2,(H,17,18). The Morgan fingerprint density at radius 2 is 1.89 bits per heavy atom. The maximum atomic E-state index is 12.1. The molecule has 5 heteroatoms. The fraction of sp³-hybridized carbons (Fsp3) is 0.462. The van der Waals surface area contributed by atoms with Crippen LogP contribution in [-0.4, -0.2) is 33.8 Å². The zero-order valence-corrected chi connectivity index (χ0v) is 9.91. The van der Waals surface area contributed by atoms with E-state index in [0.29, 0.717) is 12.8 Å². The zero-order valence-electron chi connectivity index (χ0n) is 9.91. The molecule has 2 rings (SSSR count). The highest BCUT2D eigenvalue weighted by molar-refractivity contribution is 6.08. The van der Waals surface area contributed by atoms with Crippen LogP contribution in [0.2, 0.25) is 0 Å². The van der Waals surface area contributed by atoms with Crippen molar-refractivity contribution in [3.8, 4) is 0 Å². The van der Waals surface area contributed by atoms with Crippen LogP contribution in [0.5, 0.6) is 0 Å². The van der Waals surface area contributed by atoms with Gasteiger partial charge in [0.25, 0.3) is 0 Å². The highest BCUT2D eigenvalue weighted by Crippen LogP contribution is 2.36. The van der Waals surface area contributed by atoms with Gasteiger partial charge in [0.2, 0.25) is 11.8 Å². The number of carbonyl (C=O) groups is 3. The number of amides is 2. The maximum Gasteiger partial charge on any atom is 0.327 e. The van der Waals surface area contributed by atoms with E-state index in [1.807, 2.05) is 12.2 Å². The van der Waals surface area contributed by atoms with Crippen LogP contribution < -0.4 is 0 Å². The first-order valence-corrected chi connectivity index (χ1v) is 5.93. The van der Waals surface area contributed by atoms with Crippen molar-refractivity contribution in [1.29, 1.82) is 0 Å². The molecule has 0 aromatic heterocycles. The predicted molar refractivity (Wildman–Crippen MR) is 63.4 cm³/mol. The summed E-state index contributed by atoms with van der Waals surface area (Å²) < 4.78 is 0. The Morgan fingerprint density at radius 3 is 2.28 bits per heavy atom. The van der Waals surface area contributed by atoms with Crippen LogP contribution in [0.25, 0.3) is 0 Å². The Balaban J connectivity index is 2.28. The number of rotatable bonds is 4. The van der Waals surface area contributed by atoms with Gasteiger partial charge in [-0.25, -0.2) is 4.79 Å². The number of imide groups is 1. The predicted octanol–water partition coefficient (Wildman–Crippen LogP) is 0.967. The summed E-state index contributed by atoms with van der Waals surface area (Å²) in [6, 6.07) is -1.12. The van der Waals surface area contributed by atoms with Gasteiger partial charge in [-0.15, -0.1) is 6.58 Å². The third-order valence-electron chi connectivity index (χ3n) is 3.53. The van der Waals surface area contributed by atoms with E-state index in [4.69, 9.17) is 5.11 Å². The van der Waals surface area contributed by atoms with Gasteiger partial charge in [0.05, 0.1) is 11.8 Å². The summed E-state index contributed by atoms with van der Waals surface area (Å²) in [7, 11) is 0. The molecule has 5 nitrogen and oxygen atoms in total. The van der Waals surface area contributed by atoms with Gasteiger partial charge in [-0.05, 0) is 19.3 Å². The molecule has 1 fully saturated rings. The molecule has 1 heterocycles. The molecular formula is C13H15NO4. The Kier molecular flexibility index (Phi) is 3.32. The number of hydrogen-bond donors (Lipinski definition) is 1. The molecule has 18 heavy (non-hydrogen) atoms. The van der Waals surface area contributed by atoms with Crippen LogP contribution in [0.4, 0.5) is 0 Å². The SMILES string of the molecule is C=CCC(C(=O)O)N1C(=O)C2CC=CCC2C1=O. The molecule has 0 aromatic carbocycles. The summed E-state index contributed by atoms with van der Waals surface area (Å²) in [5.74, 6) is -2.64. The van der Waals surface area contributed by atoms with Gasteiger partial charge < -0.3 is 5.11 Å². The molecule has 1 saturated heterocycles. The van der Waals surface area contributed by atoms with Gasteiger partial charge in [0, 0.05) is 0 Å². The average molecular weight is 249 g/mol. The van der Waals surface area contributed by atoms with Crippen LogP contribution in [0.3, 0.4) is 0 Å². The van der Waals surface area contributed by atoms with Crippen LogP contribution >= 0.6 is 0 Å². The molecule has 1 aliphatic carbocycles. The van der Waals surface area contributed by atoms with Crippen molar-refractivity contribution in [2.75, 3.05) is 0 Å². The average Bonchev–Trinajstić information content (AvgIpc) is 2.60. The van der Waals surface area contributed by atoms with Crippen LogP contribution in [-0.2, 0) is 14.4 Å². The van der Waals surface area contributed by atoms with Crippen molar-refractivity contribution >= 4 is 17.8 Å². The first-order valence-electron chi connectivity index (χ1n) is 5.93. The van der Waals surface area contributed by atoms with E-state index in [1.54, 1.807) is 0 Å². The minimum absolute atomic E-state index is 0.0830. The molecule has 0 bridgehead atoms. The monoisotopic (exact) mass is 249 g/mol. The molecule has 0 saturated carbocycles. The largest absolute Gasteiger partial charge is 0.480 e. The molecule has 0 spiro atoms. The van der Waals surface area contributed by atoms with Crippen molar-refractivity contribution in [1.82, 2.24) is 4.90 Å². The number of carboxylic acid groups (broad SMARTS) is 1. The van der Waals surface area contributed by atoms with Crippen molar-refractivity contribution in [3.05, 3.63) is 24.8 Å². The van der Waals surface area contributed by atoms with Crippen molar-refractivity contribution in [2.24, 2.45) is 11.8 Å². The van der Waals surface area contributed by atoms with Crippen LogP contribution in [0, 0.1) is 11.8 Å². The number of aliphatic carboxylic acids is 1. The Hall–Kier alpha value is -1.91. The van der Waals surface area contributed by atoms with E-state index in [2.05, 4.69) is 6.58 Å². The maximum absolute atomic E-state index is 12.1. The lowest BCUT2D eigenvalue weighted by Gasteiger charge is -2.21. The Labute approximate surface area is 105 Å². The summed E-state index contributed by atoms with van der Waals surface area (Å²) >= 11 is 0. The van der Waals surface area contributed by atoms with Crippen molar-refractivity contribution in [3.63, 3.8) is 0 Å². The molecular weight excluding hydrogens is 234 g/mol. The van der Waals surface area contributed by atoms with Crippen molar-refractivity contribution in [2.45, 2.75) is 25.3 Å². The molecule has 2 aliphatic rings. The lowest BCUT2D eigenvalue weighted by molar-refractivity contribution is -0.154. The fourth-order valence-corrected chi connectivity index (χ4v) is 2.61. The second-order valence-corrected chi connectivity index (χ2v) is 4.58. The number of carboxylic acids is 1. The van der Waals surface area contributed by atoms with Crippen LogP contribution in [0.15, 0.2) is 24.8 Å². The van der Waals surface area contributed by atoms with E-state index >= 15 is 0 Å². The molecule has 3 atom stereocenters. The lowest BCUT2D eigenvalue weighted by Crippen LogP contribution is -2.45. The number of nitrogens with zero attached hydrogens (tertiary/aromatic N) is 1. The number of likely N-dealkylation sites (tertiary alicyclic amines) is 1. The van der Waals surface area contributed by atoms with Gasteiger partial charge in [-0.2, -0.15) is 0 Å². The van der Waals surface area contributed by atoms with E-state index in [1.165, 1.54) is 6.08 Å².